The van der Waals surface area contributed by atoms with E-state index in [2.05, 4.69) is 84.0 Å². The fraction of sp³-hybridized carbons (Fsp3) is 0.491. The topological polar surface area (TPSA) is 18.5 Å². The van der Waals surface area contributed by atoms with Gasteiger partial charge in [-0.3, -0.25) is 0 Å². The predicted molar refractivity (Wildman–Crippen MR) is 248 cm³/mol. The van der Waals surface area contributed by atoms with E-state index in [9.17, 15) is 17.6 Å². The molecule has 0 unspecified atom stereocenters. The molecule has 0 saturated heterocycles. The molecule has 0 spiro atoms. The van der Waals surface area contributed by atoms with Gasteiger partial charge in [-0.05, 0) is 133 Å². The maximum atomic E-state index is 12.2. The van der Waals surface area contributed by atoms with Gasteiger partial charge in [0.1, 0.15) is 11.5 Å². The Morgan fingerprint density at radius 2 is 0.705 bits per heavy atom. The molecule has 4 aromatic carbocycles. The van der Waals surface area contributed by atoms with Gasteiger partial charge in [0.15, 0.2) is 0 Å². The molecule has 2 fully saturated rings. The van der Waals surface area contributed by atoms with Crippen molar-refractivity contribution in [1.29, 1.82) is 0 Å². The average molecular weight is 839 g/mol. The summed E-state index contributed by atoms with van der Waals surface area (Å²) in [5.41, 5.74) is 7.14. The van der Waals surface area contributed by atoms with Crippen LogP contribution >= 0.6 is 0 Å². The Morgan fingerprint density at radius 1 is 0.410 bits per heavy atom. The highest BCUT2D eigenvalue weighted by atomic mass is 19.3. The number of unbranched alkanes of at least 4 members (excludes halogenated alkanes) is 7. The van der Waals surface area contributed by atoms with Gasteiger partial charge < -0.3 is 9.47 Å². The number of hydrogen-bond donors (Lipinski definition) is 0. The molecular weight excluding hydrogens is 769 g/mol. The van der Waals surface area contributed by atoms with E-state index in [1.54, 1.807) is 48.5 Å². The van der Waals surface area contributed by atoms with Crippen LogP contribution in [0.15, 0.2) is 97.1 Å². The van der Waals surface area contributed by atoms with Gasteiger partial charge in [-0.15, -0.1) is 0 Å². The highest BCUT2D eigenvalue weighted by molar-refractivity contribution is 5.70. The smallest absolute Gasteiger partial charge is 0.387 e. The second kappa shape index (κ2) is 26.9. The number of rotatable bonds is 21. The van der Waals surface area contributed by atoms with Crippen molar-refractivity contribution in [3.8, 4) is 11.5 Å². The quantitative estimate of drug-likeness (QED) is 0.0473. The molecule has 0 heterocycles. The van der Waals surface area contributed by atoms with Crippen molar-refractivity contribution in [3.05, 3.63) is 130 Å². The molecule has 0 radical (unpaired) electrons. The van der Waals surface area contributed by atoms with E-state index in [0.29, 0.717) is 11.8 Å². The molecule has 0 N–H and O–H groups in total. The lowest BCUT2D eigenvalue weighted by Crippen LogP contribution is -2.13. The third kappa shape index (κ3) is 17.9. The van der Waals surface area contributed by atoms with E-state index in [1.165, 1.54) is 133 Å². The minimum Gasteiger partial charge on any atom is -0.435 e. The molecule has 0 atom stereocenters. The number of hydrogen-bond acceptors (Lipinski definition) is 2. The van der Waals surface area contributed by atoms with Gasteiger partial charge in [-0.2, -0.15) is 17.6 Å². The Kier molecular flexibility index (Phi) is 21.0. The predicted octanol–water partition coefficient (Wildman–Crippen LogP) is 17.8. The molecule has 2 nitrogen and oxygen atoms in total. The van der Waals surface area contributed by atoms with Crippen LogP contribution in [0.5, 0.6) is 11.5 Å². The summed E-state index contributed by atoms with van der Waals surface area (Å²) in [6.45, 7) is -1.02. The van der Waals surface area contributed by atoms with Gasteiger partial charge in [0.2, 0.25) is 0 Å². The van der Waals surface area contributed by atoms with Gasteiger partial charge in [-0.25, -0.2) is 0 Å². The molecule has 6 rings (SSSR count). The van der Waals surface area contributed by atoms with Crippen molar-refractivity contribution >= 4 is 24.3 Å². The number of halogens is 4. The van der Waals surface area contributed by atoms with Crippen molar-refractivity contribution in [1.82, 2.24) is 0 Å². The summed E-state index contributed by atoms with van der Waals surface area (Å²) in [5.74, 6) is 3.66. The van der Waals surface area contributed by atoms with Crippen LogP contribution in [0.3, 0.4) is 0 Å². The number of ether oxygens (including phenoxy) is 2. The molecule has 330 valence electrons. The zero-order valence-electron chi connectivity index (χ0n) is 36.8. The Bertz CT molecular complexity index is 1800. The molecule has 2 saturated carbocycles. The zero-order chi connectivity index (χ0) is 43.1. The maximum Gasteiger partial charge on any atom is 0.387 e. The zero-order valence-corrected chi connectivity index (χ0v) is 36.8. The third-order valence-electron chi connectivity index (χ3n) is 12.8. The first kappa shape index (κ1) is 47.7. The fourth-order valence-corrected chi connectivity index (χ4v) is 9.13. The van der Waals surface area contributed by atoms with Gasteiger partial charge in [-0.1, -0.05) is 182 Å². The summed E-state index contributed by atoms with van der Waals surface area (Å²) < 4.78 is 57.7. The fourth-order valence-electron chi connectivity index (χ4n) is 9.13. The Morgan fingerprint density at radius 3 is 1.02 bits per heavy atom. The van der Waals surface area contributed by atoms with Crippen LogP contribution < -0.4 is 9.47 Å². The average Bonchev–Trinajstić information content (AvgIpc) is 3.28. The van der Waals surface area contributed by atoms with Gasteiger partial charge in [0, 0.05) is 0 Å². The minimum absolute atomic E-state index is 0.183. The monoisotopic (exact) mass is 839 g/mol. The Hall–Kier alpha value is -4.32. The van der Waals surface area contributed by atoms with Crippen LogP contribution in [-0.4, -0.2) is 13.2 Å². The standard InChI is InChI=1S/C28H36F2O.C27H34F2O/c1-2-3-4-5-6-7-22-10-16-25(17-11-22)26-18-12-23(13-19-26)8-9-24-14-20-27(21-15-24)31-28(29)30;1-2-3-4-5-6-21-9-15-24(16-10-21)25-17-11-22(12-18-25)7-8-23-13-19-26(20-14-23)30-27(28)29/h8-9,12-15,18-22,25,28H,2-7,10-11,16-17H2,1H3;7-8,11-14,17-21,24,27H,2-6,9-10,15-16H2,1H3. The molecule has 0 bridgehead atoms. The van der Waals surface area contributed by atoms with Gasteiger partial charge >= 0.3 is 13.2 Å². The second-order valence-corrected chi connectivity index (χ2v) is 17.4. The molecule has 6 heteroatoms. The number of alkyl halides is 4. The van der Waals surface area contributed by atoms with Crippen LogP contribution in [0.4, 0.5) is 17.6 Å². The summed E-state index contributed by atoms with van der Waals surface area (Å²) in [4.78, 5) is 0. The van der Waals surface area contributed by atoms with E-state index < -0.39 is 13.2 Å². The van der Waals surface area contributed by atoms with E-state index >= 15 is 0 Å². The van der Waals surface area contributed by atoms with Crippen LogP contribution in [0, 0.1) is 11.8 Å². The van der Waals surface area contributed by atoms with Crippen LogP contribution in [0.2, 0.25) is 0 Å². The maximum absolute atomic E-state index is 12.2. The van der Waals surface area contributed by atoms with Crippen molar-refractivity contribution in [2.45, 2.75) is 161 Å². The summed E-state index contributed by atoms with van der Waals surface area (Å²) in [6.07, 6.45) is 34.2. The van der Waals surface area contributed by atoms with Crippen molar-refractivity contribution in [2.24, 2.45) is 11.8 Å². The van der Waals surface area contributed by atoms with E-state index in [0.717, 1.165) is 34.1 Å². The van der Waals surface area contributed by atoms with Crippen LogP contribution in [0.25, 0.3) is 24.3 Å². The Labute approximate surface area is 364 Å². The normalized spacial score (nSPS) is 19.3. The summed E-state index contributed by atoms with van der Waals surface area (Å²) in [6, 6.07) is 31.2. The summed E-state index contributed by atoms with van der Waals surface area (Å²) >= 11 is 0. The Balaban J connectivity index is 0.000000231. The van der Waals surface area contributed by atoms with Crippen LogP contribution in [0.1, 0.15) is 181 Å². The lowest BCUT2D eigenvalue weighted by molar-refractivity contribution is -0.0505. The van der Waals surface area contributed by atoms with E-state index in [4.69, 9.17) is 0 Å². The second-order valence-electron chi connectivity index (χ2n) is 17.4. The molecule has 2 aliphatic rings. The first-order chi connectivity index (χ1) is 29.8. The SMILES string of the molecule is CCCCCCC1CCC(c2ccc(C=Cc3ccc(OC(F)F)cc3)cc2)CC1.CCCCCCCC1CCC(c2ccc(C=Cc3ccc(OC(F)F)cc3)cc2)CC1. The summed E-state index contributed by atoms with van der Waals surface area (Å²) in [7, 11) is 0. The lowest BCUT2D eigenvalue weighted by atomic mass is 9.77. The third-order valence-corrected chi connectivity index (χ3v) is 12.8. The first-order valence-electron chi connectivity index (χ1n) is 23.4. The molecule has 0 aromatic heterocycles. The van der Waals surface area contributed by atoms with Crippen molar-refractivity contribution < 1.29 is 27.0 Å². The molecule has 2 aliphatic carbocycles. The highest BCUT2D eigenvalue weighted by Crippen LogP contribution is 2.39. The van der Waals surface area contributed by atoms with E-state index in [1.807, 2.05) is 12.2 Å². The van der Waals surface area contributed by atoms with Crippen LogP contribution in [-0.2, 0) is 0 Å². The van der Waals surface area contributed by atoms with Crippen molar-refractivity contribution in [3.63, 3.8) is 0 Å². The molecule has 0 amide bonds. The molecular formula is C55H70F4O2. The van der Waals surface area contributed by atoms with Gasteiger partial charge in [0.05, 0.1) is 0 Å². The highest BCUT2D eigenvalue weighted by Gasteiger charge is 2.23. The largest absolute Gasteiger partial charge is 0.435 e. The van der Waals surface area contributed by atoms with Gasteiger partial charge in [0.25, 0.3) is 0 Å². The first-order valence-corrected chi connectivity index (χ1v) is 23.4. The number of benzene rings is 4. The molecule has 0 aliphatic heterocycles. The minimum atomic E-state index is -2.79. The molecule has 4 aromatic rings. The van der Waals surface area contributed by atoms with E-state index in [-0.39, 0.29) is 11.5 Å². The van der Waals surface area contributed by atoms with Crippen molar-refractivity contribution in [2.75, 3.05) is 0 Å². The lowest BCUT2D eigenvalue weighted by Gasteiger charge is -2.29. The molecule has 61 heavy (non-hydrogen) atoms. The summed E-state index contributed by atoms with van der Waals surface area (Å²) in [5, 5.41) is 0.